The minimum absolute atomic E-state index is 0.104. The molecule has 1 amide bonds. The summed E-state index contributed by atoms with van der Waals surface area (Å²) in [5, 5.41) is 4.15. The van der Waals surface area contributed by atoms with Gasteiger partial charge in [0.2, 0.25) is 0 Å². The van der Waals surface area contributed by atoms with Gasteiger partial charge in [-0.05, 0) is 60.0 Å². The Morgan fingerprint density at radius 1 is 1.08 bits per heavy atom. The number of benzene rings is 2. The summed E-state index contributed by atoms with van der Waals surface area (Å²) in [4.78, 5) is 20.3. The molecule has 0 spiro atoms. The minimum Gasteiger partial charge on any atom is -0.490 e. The molecular weight excluding hydrogens is 462 g/mol. The van der Waals surface area contributed by atoms with Crippen LogP contribution in [-0.2, 0) is 18.3 Å². The Balaban J connectivity index is 1.19. The van der Waals surface area contributed by atoms with Crippen molar-refractivity contribution in [3.05, 3.63) is 102 Å². The summed E-state index contributed by atoms with van der Waals surface area (Å²) in [6, 6.07) is 19.9. The third-order valence-corrected chi connectivity index (χ3v) is 6.75. The lowest BCUT2D eigenvalue weighted by Gasteiger charge is -2.13. The van der Waals surface area contributed by atoms with Crippen LogP contribution >= 0.6 is 0 Å². The number of aromatic amines is 1. The first kappa shape index (κ1) is 22.8. The van der Waals surface area contributed by atoms with Crippen LogP contribution in [0.2, 0.25) is 0 Å². The summed E-state index contributed by atoms with van der Waals surface area (Å²) in [6.45, 7) is 0.372. The molecule has 184 valence electrons. The molecule has 1 aliphatic heterocycles. The predicted octanol–water partition coefficient (Wildman–Crippen LogP) is 5.01. The van der Waals surface area contributed by atoms with Gasteiger partial charge in [-0.25, -0.2) is 0 Å². The van der Waals surface area contributed by atoms with Crippen molar-refractivity contribution in [3.8, 4) is 16.9 Å². The number of anilines is 1. The molecule has 4 N–H and O–H groups in total. The molecule has 0 bridgehead atoms. The van der Waals surface area contributed by atoms with E-state index in [-0.39, 0.29) is 11.9 Å². The number of hydrogen-bond donors (Lipinski definition) is 3. The summed E-state index contributed by atoms with van der Waals surface area (Å²) < 4.78 is 8.01. The summed E-state index contributed by atoms with van der Waals surface area (Å²) in [6.07, 6.45) is 10.1. The average Bonchev–Trinajstić information content (AvgIpc) is 3.60. The largest absolute Gasteiger partial charge is 0.490 e. The van der Waals surface area contributed by atoms with Crippen molar-refractivity contribution in [2.45, 2.75) is 12.5 Å². The number of nitrogens with zero attached hydrogens (tertiary/aromatic N) is 2. The van der Waals surface area contributed by atoms with Crippen molar-refractivity contribution in [1.29, 1.82) is 0 Å². The summed E-state index contributed by atoms with van der Waals surface area (Å²) in [5.74, 6) is 0.550. The van der Waals surface area contributed by atoms with Crippen LogP contribution in [0, 0.1) is 0 Å². The lowest BCUT2D eigenvalue weighted by atomic mass is 9.99. The monoisotopic (exact) mass is 489 g/mol. The molecule has 6 rings (SSSR count). The maximum absolute atomic E-state index is 12.7. The number of carbonyl (C=O) groups is 1. The second-order valence-electron chi connectivity index (χ2n) is 9.36. The molecule has 1 atom stereocenters. The van der Waals surface area contributed by atoms with E-state index in [2.05, 4.69) is 27.4 Å². The summed E-state index contributed by atoms with van der Waals surface area (Å²) >= 11 is 0. The number of nitrogens with one attached hydrogen (secondary N) is 2. The van der Waals surface area contributed by atoms with Crippen LogP contribution in [0.5, 0.6) is 5.75 Å². The number of fused-ring (bicyclic) bond motifs is 2. The van der Waals surface area contributed by atoms with Crippen molar-refractivity contribution < 1.29 is 9.53 Å². The van der Waals surface area contributed by atoms with Gasteiger partial charge in [0, 0.05) is 65.1 Å². The molecule has 4 heterocycles. The van der Waals surface area contributed by atoms with Crippen LogP contribution in [0.1, 0.15) is 16.8 Å². The van der Waals surface area contributed by atoms with Crippen molar-refractivity contribution >= 4 is 34.1 Å². The maximum atomic E-state index is 12.7. The van der Waals surface area contributed by atoms with Gasteiger partial charge in [-0.1, -0.05) is 24.3 Å². The zero-order chi connectivity index (χ0) is 25.4. The molecule has 1 unspecified atom stereocenters. The smallest absolute Gasteiger partial charge is 0.256 e. The SMILES string of the molecule is Cn1cccc1C=C1C(=O)Nc2ccc(-c3cncc(OCC(N)Cc4c[nH]c5ccccc45)c3)cc21. The Morgan fingerprint density at radius 3 is 2.84 bits per heavy atom. The first-order valence-electron chi connectivity index (χ1n) is 12.2. The van der Waals surface area contributed by atoms with E-state index in [4.69, 9.17) is 10.5 Å². The predicted molar refractivity (Wildman–Crippen MR) is 147 cm³/mol. The van der Waals surface area contributed by atoms with E-state index < -0.39 is 0 Å². The van der Waals surface area contributed by atoms with Gasteiger partial charge in [-0.3, -0.25) is 9.78 Å². The van der Waals surface area contributed by atoms with Crippen molar-refractivity contribution in [1.82, 2.24) is 14.5 Å². The lowest BCUT2D eigenvalue weighted by Crippen LogP contribution is -2.30. The Kier molecular flexibility index (Phi) is 5.82. The molecule has 5 aromatic rings. The molecule has 0 radical (unpaired) electrons. The van der Waals surface area contributed by atoms with Gasteiger partial charge in [-0.15, -0.1) is 0 Å². The number of hydrogen-bond acceptors (Lipinski definition) is 4. The van der Waals surface area contributed by atoms with Gasteiger partial charge in [0.15, 0.2) is 0 Å². The maximum Gasteiger partial charge on any atom is 0.256 e. The fourth-order valence-electron chi connectivity index (χ4n) is 4.78. The molecule has 2 aromatic carbocycles. The van der Waals surface area contributed by atoms with Gasteiger partial charge in [-0.2, -0.15) is 0 Å². The summed E-state index contributed by atoms with van der Waals surface area (Å²) in [5.41, 5.74) is 13.8. The number of carbonyl (C=O) groups excluding carboxylic acids is 1. The molecule has 1 aliphatic rings. The Labute approximate surface area is 214 Å². The molecule has 37 heavy (non-hydrogen) atoms. The van der Waals surface area contributed by atoms with Crippen LogP contribution in [0.25, 0.3) is 33.7 Å². The first-order valence-corrected chi connectivity index (χ1v) is 12.2. The molecule has 7 nitrogen and oxygen atoms in total. The van der Waals surface area contributed by atoms with Gasteiger partial charge < -0.3 is 25.3 Å². The number of amides is 1. The average molecular weight is 490 g/mol. The standard InChI is InChI=1S/C30H27N5O2/c1-35-10-4-5-23(35)14-27-26-13-19(8-9-29(26)34-30(27)36)20-12-24(17-32-15-20)37-18-22(31)11-21-16-33-28-7-3-2-6-25(21)28/h2-10,12-17,22,33H,11,18,31H2,1H3,(H,34,36). The van der Waals surface area contributed by atoms with E-state index in [1.54, 1.807) is 12.4 Å². The molecular formula is C30H27N5O2. The van der Waals surface area contributed by atoms with Gasteiger partial charge in [0.25, 0.3) is 5.91 Å². The Hall–Kier alpha value is -4.62. The molecule has 0 saturated carbocycles. The highest BCUT2D eigenvalue weighted by Gasteiger charge is 2.25. The first-order chi connectivity index (χ1) is 18.0. The third kappa shape index (κ3) is 4.52. The van der Waals surface area contributed by atoms with Gasteiger partial charge in [0.05, 0.1) is 11.8 Å². The Morgan fingerprint density at radius 2 is 1.97 bits per heavy atom. The number of nitrogens with two attached hydrogens (primary N) is 1. The van der Waals surface area contributed by atoms with E-state index in [1.807, 2.05) is 78.6 Å². The van der Waals surface area contributed by atoms with Crippen molar-refractivity contribution in [2.75, 3.05) is 11.9 Å². The number of aryl methyl sites for hydroxylation is 1. The number of H-pyrrole nitrogens is 1. The second-order valence-corrected chi connectivity index (χ2v) is 9.36. The zero-order valence-electron chi connectivity index (χ0n) is 20.4. The number of aromatic nitrogens is 3. The topological polar surface area (TPSA) is 98.0 Å². The highest BCUT2D eigenvalue weighted by atomic mass is 16.5. The highest BCUT2D eigenvalue weighted by molar-refractivity contribution is 6.35. The van der Waals surface area contributed by atoms with Crippen LogP contribution in [0.3, 0.4) is 0 Å². The van der Waals surface area contributed by atoms with E-state index in [0.717, 1.165) is 33.6 Å². The normalized spacial score (nSPS) is 14.6. The Bertz CT molecular complexity index is 1640. The number of rotatable bonds is 7. The molecule has 0 saturated heterocycles. The minimum atomic E-state index is -0.162. The van der Waals surface area contributed by atoms with E-state index in [0.29, 0.717) is 24.4 Å². The zero-order valence-corrected chi connectivity index (χ0v) is 20.4. The molecule has 3 aromatic heterocycles. The fourth-order valence-corrected chi connectivity index (χ4v) is 4.78. The molecule has 0 aliphatic carbocycles. The summed E-state index contributed by atoms with van der Waals surface area (Å²) in [7, 11) is 1.96. The van der Waals surface area contributed by atoms with Gasteiger partial charge in [0.1, 0.15) is 12.4 Å². The van der Waals surface area contributed by atoms with Crippen molar-refractivity contribution in [3.63, 3.8) is 0 Å². The quantitative estimate of drug-likeness (QED) is 0.280. The number of pyridine rings is 1. The van der Waals surface area contributed by atoms with E-state index in [9.17, 15) is 4.79 Å². The molecule has 7 heteroatoms. The van der Waals surface area contributed by atoms with Crippen LogP contribution in [0.15, 0.2) is 85.5 Å². The van der Waals surface area contributed by atoms with Crippen molar-refractivity contribution in [2.24, 2.45) is 12.8 Å². The van der Waals surface area contributed by atoms with Gasteiger partial charge >= 0.3 is 0 Å². The second kappa shape index (κ2) is 9.44. The van der Waals surface area contributed by atoms with Crippen LogP contribution in [-0.4, -0.2) is 33.1 Å². The third-order valence-electron chi connectivity index (χ3n) is 6.75. The fraction of sp³-hybridized carbons (Fsp3) is 0.133. The lowest BCUT2D eigenvalue weighted by molar-refractivity contribution is -0.110. The van der Waals surface area contributed by atoms with E-state index >= 15 is 0 Å². The molecule has 0 fully saturated rings. The number of ether oxygens (including phenoxy) is 1. The van der Waals surface area contributed by atoms with Crippen LogP contribution < -0.4 is 15.8 Å². The van der Waals surface area contributed by atoms with E-state index in [1.165, 1.54) is 10.9 Å². The highest BCUT2D eigenvalue weighted by Crippen LogP contribution is 2.36. The van der Waals surface area contributed by atoms with Crippen LogP contribution in [0.4, 0.5) is 5.69 Å². The number of para-hydroxylation sites is 1.